The predicted molar refractivity (Wildman–Crippen MR) is 50.5 cm³/mol. The van der Waals surface area contributed by atoms with Crippen LogP contribution in [0.4, 0.5) is 0 Å². The molecule has 11 heavy (non-hydrogen) atoms. The molecule has 0 N–H and O–H groups in total. The Bertz CT molecular complexity index is 202. The quantitative estimate of drug-likeness (QED) is 0.526. The highest BCUT2D eigenvalue weighted by atomic mass is 14.0. The summed E-state index contributed by atoms with van der Waals surface area (Å²) in [5.41, 5.74) is 8.85. The smallest absolute Gasteiger partial charge is 0.0176 e. The van der Waals surface area contributed by atoms with Gasteiger partial charge in [0.1, 0.15) is 0 Å². The molecular weight excluding hydrogens is 132 g/mol. The van der Waals surface area contributed by atoms with Crippen molar-refractivity contribution in [3.63, 3.8) is 0 Å². The van der Waals surface area contributed by atoms with Crippen molar-refractivity contribution in [2.75, 3.05) is 0 Å². The van der Waals surface area contributed by atoms with E-state index in [0.29, 0.717) is 5.92 Å². The second-order valence-electron chi connectivity index (χ2n) is 3.28. The summed E-state index contributed by atoms with van der Waals surface area (Å²) in [4.78, 5) is 0. The summed E-state index contributed by atoms with van der Waals surface area (Å²) in [5, 5.41) is 0. The maximum absolute atomic E-state index is 3.20. The highest BCUT2D eigenvalue weighted by molar-refractivity contribution is 5.05. The van der Waals surface area contributed by atoms with Gasteiger partial charge in [0.2, 0.25) is 0 Å². The van der Waals surface area contributed by atoms with Crippen molar-refractivity contribution < 1.29 is 0 Å². The Morgan fingerprint density at radius 2 is 1.73 bits per heavy atom. The summed E-state index contributed by atoms with van der Waals surface area (Å²) in [6, 6.07) is 0. The summed E-state index contributed by atoms with van der Waals surface area (Å²) in [5.74, 6) is 0.604. The first-order valence-electron chi connectivity index (χ1n) is 4.25. The van der Waals surface area contributed by atoms with Crippen LogP contribution in [0.15, 0.2) is 22.6 Å². The molecule has 0 radical (unpaired) electrons. The number of rotatable bonds is 2. The Kier molecular flexibility index (Phi) is 4.70. The molecule has 0 aromatic carbocycles. The van der Waals surface area contributed by atoms with E-state index in [9.17, 15) is 0 Å². The molecule has 0 aromatic heterocycles. The first kappa shape index (κ1) is 10.3. The highest BCUT2D eigenvalue weighted by Crippen LogP contribution is 2.10. The van der Waals surface area contributed by atoms with Gasteiger partial charge < -0.3 is 0 Å². The standard InChI is InChI=1S/C11H18/c1-6-11(10(4)5)8-7-9(2)3/h10H,6H2,1-5H3. The molecule has 0 fully saturated rings. The topological polar surface area (TPSA) is 0 Å². The van der Waals surface area contributed by atoms with Crippen LogP contribution in [-0.2, 0) is 0 Å². The lowest BCUT2D eigenvalue weighted by Crippen LogP contribution is -1.89. The molecule has 0 aliphatic rings. The third-order valence-corrected chi connectivity index (χ3v) is 1.55. The fourth-order valence-corrected chi connectivity index (χ4v) is 0.846. The SMILES string of the molecule is CCC(=C=C=C(C)C)C(C)C. The lowest BCUT2D eigenvalue weighted by molar-refractivity contribution is 0.734. The third-order valence-electron chi connectivity index (χ3n) is 1.55. The van der Waals surface area contributed by atoms with Crippen LogP contribution in [0.3, 0.4) is 0 Å². The van der Waals surface area contributed by atoms with Gasteiger partial charge in [-0.25, -0.2) is 0 Å². The second kappa shape index (κ2) is 5.02. The molecular formula is C11H18. The second-order valence-corrected chi connectivity index (χ2v) is 3.28. The van der Waals surface area contributed by atoms with Gasteiger partial charge >= 0.3 is 0 Å². The minimum atomic E-state index is 0.604. The van der Waals surface area contributed by atoms with Gasteiger partial charge in [0.15, 0.2) is 0 Å². The summed E-state index contributed by atoms with van der Waals surface area (Å²) in [6.07, 6.45) is 1.08. The lowest BCUT2D eigenvalue weighted by Gasteiger charge is -2.02. The van der Waals surface area contributed by atoms with E-state index in [-0.39, 0.29) is 0 Å². The normalized spacial score (nSPS) is 8.91. The van der Waals surface area contributed by atoms with Crippen LogP contribution in [-0.4, -0.2) is 0 Å². The van der Waals surface area contributed by atoms with Gasteiger partial charge in [-0.3, -0.25) is 0 Å². The average molecular weight is 150 g/mol. The fourth-order valence-electron chi connectivity index (χ4n) is 0.846. The van der Waals surface area contributed by atoms with E-state index in [2.05, 4.69) is 32.2 Å². The van der Waals surface area contributed by atoms with E-state index in [1.807, 2.05) is 13.8 Å². The van der Waals surface area contributed by atoms with Crippen LogP contribution in [0.2, 0.25) is 0 Å². The highest BCUT2D eigenvalue weighted by Gasteiger charge is 1.96. The zero-order valence-corrected chi connectivity index (χ0v) is 8.28. The Labute approximate surface area is 70.3 Å². The van der Waals surface area contributed by atoms with Crippen molar-refractivity contribution in [2.45, 2.75) is 41.0 Å². The van der Waals surface area contributed by atoms with Crippen molar-refractivity contribution >= 4 is 0 Å². The Hall–Kier alpha value is -0.700. The Morgan fingerprint density at radius 1 is 1.18 bits per heavy atom. The molecule has 62 valence electrons. The van der Waals surface area contributed by atoms with Gasteiger partial charge in [-0.05, 0) is 37.3 Å². The number of hydrogen-bond donors (Lipinski definition) is 0. The minimum Gasteiger partial charge on any atom is -0.0718 e. The van der Waals surface area contributed by atoms with E-state index in [0.717, 1.165) is 6.42 Å². The molecule has 0 heterocycles. The number of hydrogen-bond acceptors (Lipinski definition) is 0. The maximum atomic E-state index is 3.20. The van der Waals surface area contributed by atoms with E-state index in [4.69, 9.17) is 0 Å². The van der Waals surface area contributed by atoms with Crippen molar-refractivity contribution in [1.82, 2.24) is 0 Å². The predicted octanol–water partition coefficient (Wildman–Crippen LogP) is 3.70. The van der Waals surface area contributed by atoms with Gasteiger partial charge in [-0.2, -0.15) is 0 Å². The van der Waals surface area contributed by atoms with Gasteiger partial charge in [-0.1, -0.05) is 32.2 Å². The first-order chi connectivity index (χ1) is 5.07. The first-order valence-corrected chi connectivity index (χ1v) is 4.25. The zero-order chi connectivity index (χ0) is 8.85. The molecule has 0 amide bonds. The Balaban J connectivity index is 4.76. The number of allylic oxidation sites excluding steroid dienone is 2. The van der Waals surface area contributed by atoms with Crippen LogP contribution in [0.25, 0.3) is 0 Å². The van der Waals surface area contributed by atoms with Crippen LogP contribution < -0.4 is 0 Å². The molecule has 0 atom stereocenters. The fraction of sp³-hybridized carbons (Fsp3) is 0.636. The molecule has 0 aliphatic heterocycles. The molecule has 0 nitrogen and oxygen atoms in total. The molecule has 0 rings (SSSR count). The molecule has 0 bridgehead atoms. The maximum Gasteiger partial charge on any atom is -0.0176 e. The average Bonchev–Trinajstić information content (AvgIpc) is 1.87. The molecule has 0 saturated carbocycles. The summed E-state index contributed by atoms with van der Waals surface area (Å²) < 4.78 is 0. The Morgan fingerprint density at radius 3 is 2.00 bits per heavy atom. The van der Waals surface area contributed by atoms with E-state index in [1.165, 1.54) is 11.1 Å². The van der Waals surface area contributed by atoms with Gasteiger partial charge in [0.25, 0.3) is 0 Å². The van der Waals surface area contributed by atoms with Crippen LogP contribution >= 0.6 is 0 Å². The minimum absolute atomic E-state index is 0.604. The van der Waals surface area contributed by atoms with Crippen molar-refractivity contribution in [2.24, 2.45) is 5.92 Å². The van der Waals surface area contributed by atoms with E-state index >= 15 is 0 Å². The summed E-state index contributed by atoms with van der Waals surface area (Å²) in [6.45, 7) is 10.6. The van der Waals surface area contributed by atoms with Crippen molar-refractivity contribution in [3.8, 4) is 0 Å². The molecule has 0 aromatic rings. The zero-order valence-electron chi connectivity index (χ0n) is 8.28. The molecule has 0 unspecified atom stereocenters. The molecule has 0 spiro atoms. The monoisotopic (exact) mass is 150 g/mol. The van der Waals surface area contributed by atoms with E-state index < -0.39 is 0 Å². The van der Waals surface area contributed by atoms with Crippen LogP contribution in [0, 0.1) is 5.92 Å². The summed E-state index contributed by atoms with van der Waals surface area (Å²) in [7, 11) is 0. The molecule has 0 heteroatoms. The van der Waals surface area contributed by atoms with Gasteiger partial charge in [-0.15, -0.1) is 0 Å². The lowest BCUT2D eigenvalue weighted by atomic mass is 10.0. The van der Waals surface area contributed by atoms with Crippen molar-refractivity contribution in [1.29, 1.82) is 0 Å². The van der Waals surface area contributed by atoms with Crippen LogP contribution in [0.5, 0.6) is 0 Å². The van der Waals surface area contributed by atoms with Crippen LogP contribution in [0.1, 0.15) is 41.0 Å². The summed E-state index contributed by atoms with van der Waals surface area (Å²) >= 11 is 0. The molecule has 0 aliphatic carbocycles. The largest absolute Gasteiger partial charge is 0.0718 e. The third kappa shape index (κ3) is 4.67. The van der Waals surface area contributed by atoms with Gasteiger partial charge in [0.05, 0.1) is 0 Å². The van der Waals surface area contributed by atoms with E-state index in [1.54, 1.807) is 0 Å². The van der Waals surface area contributed by atoms with Gasteiger partial charge in [0, 0.05) is 0 Å². The van der Waals surface area contributed by atoms with Crippen molar-refractivity contribution in [3.05, 3.63) is 22.6 Å². The molecule has 0 saturated heterocycles.